The third kappa shape index (κ3) is 2.42. The highest BCUT2D eigenvalue weighted by Gasteiger charge is 2.23. The number of carbonyl (C=O) groups is 1. The fourth-order valence-corrected chi connectivity index (χ4v) is 1.28. The SMILES string of the molecule is COc1cc(C(=O)NN)c([N+](=O)[O-])cc1OC. The van der Waals surface area contributed by atoms with E-state index in [1.807, 2.05) is 5.43 Å². The van der Waals surface area contributed by atoms with Gasteiger partial charge in [0.05, 0.1) is 25.2 Å². The number of ether oxygens (including phenoxy) is 2. The van der Waals surface area contributed by atoms with E-state index in [0.29, 0.717) is 0 Å². The van der Waals surface area contributed by atoms with E-state index in [1.165, 1.54) is 20.3 Å². The Morgan fingerprint density at radius 1 is 1.35 bits per heavy atom. The van der Waals surface area contributed by atoms with Crippen molar-refractivity contribution in [2.75, 3.05) is 14.2 Å². The van der Waals surface area contributed by atoms with Crippen molar-refractivity contribution in [2.24, 2.45) is 5.84 Å². The van der Waals surface area contributed by atoms with Crippen molar-refractivity contribution < 1.29 is 19.2 Å². The number of rotatable bonds is 4. The van der Waals surface area contributed by atoms with Crippen molar-refractivity contribution in [1.82, 2.24) is 5.43 Å². The Hall–Kier alpha value is -2.35. The van der Waals surface area contributed by atoms with Crippen molar-refractivity contribution in [3.8, 4) is 11.5 Å². The predicted octanol–water partition coefficient (Wildman–Crippen LogP) is 0.216. The van der Waals surface area contributed by atoms with Gasteiger partial charge in [-0.1, -0.05) is 0 Å². The molecule has 0 aromatic heterocycles. The first kappa shape index (κ1) is 12.7. The lowest BCUT2D eigenvalue weighted by molar-refractivity contribution is -0.385. The number of carbonyl (C=O) groups excluding carboxylic acids is 1. The van der Waals surface area contributed by atoms with Crippen LogP contribution in [0, 0.1) is 10.1 Å². The van der Waals surface area contributed by atoms with Crippen LogP contribution in [0.4, 0.5) is 5.69 Å². The minimum Gasteiger partial charge on any atom is -0.493 e. The number of hydrogen-bond acceptors (Lipinski definition) is 6. The van der Waals surface area contributed by atoms with Gasteiger partial charge in [0.1, 0.15) is 5.56 Å². The van der Waals surface area contributed by atoms with Crippen LogP contribution in [-0.4, -0.2) is 25.1 Å². The molecule has 8 heteroatoms. The number of nitrogens with two attached hydrogens (primary N) is 1. The molecule has 3 N–H and O–H groups in total. The number of methoxy groups -OCH3 is 2. The van der Waals surface area contributed by atoms with Gasteiger partial charge in [0.25, 0.3) is 11.6 Å². The molecule has 0 aliphatic rings. The summed E-state index contributed by atoms with van der Waals surface area (Å²) in [6, 6.07) is 2.29. The summed E-state index contributed by atoms with van der Waals surface area (Å²) < 4.78 is 9.84. The molecular weight excluding hydrogens is 230 g/mol. The average Bonchev–Trinajstić information content (AvgIpc) is 2.35. The summed E-state index contributed by atoms with van der Waals surface area (Å²) in [6.07, 6.45) is 0. The fraction of sp³-hybridized carbons (Fsp3) is 0.222. The minimum absolute atomic E-state index is 0.160. The normalized spacial score (nSPS) is 9.59. The maximum absolute atomic E-state index is 11.4. The zero-order valence-corrected chi connectivity index (χ0v) is 9.22. The van der Waals surface area contributed by atoms with E-state index in [2.05, 4.69) is 0 Å². The standard InChI is InChI=1S/C9H11N3O5/c1-16-7-3-5(9(13)11-10)6(12(14)15)4-8(7)17-2/h3-4H,10H2,1-2H3,(H,11,13). The summed E-state index contributed by atoms with van der Waals surface area (Å²) in [5.74, 6) is 4.53. The molecule has 8 nitrogen and oxygen atoms in total. The maximum atomic E-state index is 11.4. The molecule has 17 heavy (non-hydrogen) atoms. The largest absolute Gasteiger partial charge is 0.493 e. The Kier molecular flexibility index (Phi) is 3.83. The second kappa shape index (κ2) is 5.12. The van der Waals surface area contributed by atoms with Gasteiger partial charge < -0.3 is 9.47 Å². The van der Waals surface area contributed by atoms with Crippen LogP contribution < -0.4 is 20.7 Å². The molecule has 0 aliphatic carbocycles. The van der Waals surface area contributed by atoms with Crippen LogP contribution in [0.15, 0.2) is 12.1 Å². The first-order chi connectivity index (χ1) is 8.04. The van der Waals surface area contributed by atoms with E-state index in [0.717, 1.165) is 6.07 Å². The van der Waals surface area contributed by atoms with Crippen molar-refractivity contribution in [2.45, 2.75) is 0 Å². The first-order valence-corrected chi connectivity index (χ1v) is 4.46. The molecule has 92 valence electrons. The molecule has 0 atom stereocenters. The van der Waals surface area contributed by atoms with E-state index in [-0.39, 0.29) is 17.1 Å². The molecule has 0 spiro atoms. The van der Waals surface area contributed by atoms with Gasteiger partial charge in [-0.25, -0.2) is 5.84 Å². The van der Waals surface area contributed by atoms with Gasteiger partial charge in [-0.05, 0) is 0 Å². The second-order valence-electron chi connectivity index (χ2n) is 2.95. The van der Waals surface area contributed by atoms with Crippen molar-refractivity contribution >= 4 is 11.6 Å². The summed E-state index contributed by atoms with van der Waals surface area (Å²) in [5, 5.41) is 10.8. The van der Waals surface area contributed by atoms with Gasteiger partial charge in [0.15, 0.2) is 11.5 Å². The van der Waals surface area contributed by atoms with E-state index in [1.54, 1.807) is 0 Å². The third-order valence-corrected chi connectivity index (χ3v) is 2.07. The Balaban J connectivity index is 3.45. The molecule has 1 amide bonds. The zero-order chi connectivity index (χ0) is 13.0. The van der Waals surface area contributed by atoms with Crippen LogP contribution in [0.3, 0.4) is 0 Å². The highest BCUT2D eigenvalue weighted by atomic mass is 16.6. The quantitative estimate of drug-likeness (QED) is 0.337. The monoisotopic (exact) mass is 241 g/mol. The first-order valence-electron chi connectivity index (χ1n) is 4.46. The lowest BCUT2D eigenvalue weighted by Crippen LogP contribution is -2.30. The van der Waals surface area contributed by atoms with Gasteiger partial charge in [-0.2, -0.15) is 0 Å². The zero-order valence-electron chi connectivity index (χ0n) is 9.22. The van der Waals surface area contributed by atoms with Gasteiger partial charge in [0.2, 0.25) is 0 Å². The van der Waals surface area contributed by atoms with E-state index >= 15 is 0 Å². The number of hydrogen-bond donors (Lipinski definition) is 2. The molecule has 1 rings (SSSR count). The van der Waals surface area contributed by atoms with E-state index < -0.39 is 16.5 Å². The number of nitro groups is 1. The molecule has 0 aliphatic heterocycles. The molecule has 0 radical (unpaired) electrons. The van der Waals surface area contributed by atoms with Gasteiger partial charge in [-0.15, -0.1) is 0 Å². The molecule has 1 aromatic rings. The lowest BCUT2D eigenvalue weighted by Gasteiger charge is -2.09. The smallest absolute Gasteiger partial charge is 0.286 e. The number of benzene rings is 1. The molecule has 0 heterocycles. The lowest BCUT2D eigenvalue weighted by atomic mass is 10.1. The van der Waals surface area contributed by atoms with Crippen LogP contribution in [0.1, 0.15) is 10.4 Å². The minimum atomic E-state index is -0.780. The Bertz CT molecular complexity index is 460. The summed E-state index contributed by atoms with van der Waals surface area (Å²) in [6.45, 7) is 0. The van der Waals surface area contributed by atoms with Crippen LogP contribution in [0.25, 0.3) is 0 Å². The van der Waals surface area contributed by atoms with Crippen molar-refractivity contribution in [1.29, 1.82) is 0 Å². The Morgan fingerprint density at radius 3 is 2.29 bits per heavy atom. The van der Waals surface area contributed by atoms with Crippen molar-refractivity contribution in [3.63, 3.8) is 0 Å². The van der Waals surface area contributed by atoms with Gasteiger partial charge in [0, 0.05) is 6.07 Å². The molecule has 0 unspecified atom stereocenters. The average molecular weight is 241 g/mol. The van der Waals surface area contributed by atoms with Crippen molar-refractivity contribution in [3.05, 3.63) is 27.8 Å². The van der Waals surface area contributed by atoms with E-state index in [4.69, 9.17) is 15.3 Å². The number of nitrogen functional groups attached to an aromatic ring is 1. The highest BCUT2D eigenvalue weighted by Crippen LogP contribution is 2.34. The highest BCUT2D eigenvalue weighted by molar-refractivity contribution is 5.98. The topological polar surface area (TPSA) is 117 Å². The maximum Gasteiger partial charge on any atom is 0.286 e. The van der Waals surface area contributed by atoms with Crippen LogP contribution in [0.2, 0.25) is 0 Å². The number of amides is 1. The number of nitro benzene ring substituents is 1. The van der Waals surface area contributed by atoms with Crippen LogP contribution >= 0.6 is 0 Å². The van der Waals surface area contributed by atoms with Gasteiger partial charge in [-0.3, -0.25) is 20.3 Å². The molecule has 0 bridgehead atoms. The summed E-state index contributed by atoms with van der Waals surface area (Å²) in [7, 11) is 2.69. The fourth-order valence-electron chi connectivity index (χ4n) is 1.28. The predicted molar refractivity (Wildman–Crippen MR) is 57.9 cm³/mol. The number of nitrogens with one attached hydrogen (secondary N) is 1. The third-order valence-electron chi connectivity index (χ3n) is 2.07. The molecule has 0 saturated heterocycles. The summed E-state index contributed by atoms with van der Waals surface area (Å²) in [5.41, 5.74) is 1.22. The van der Waals surface area contributed by atoms with Gasteiger partial charge >= 0.3 is 0 Å². The molecule has 1 aromatic carbocycles. The Labute approximate surface area is 96.4 Å². The number of nitrogens with zero attached hydrogens (tertiary/aromatic N) is 1. The Morgan fingerprint density at radius 2 is 1.88 bits per heavy atom. The van der Waals surface area contributed by atoms with Crippen LogP contribution in [0.5, 0.6) is 11.5 Å². The molecular formula is C9H11N3O5. The summed E-state index contributed by atoms with van der Waals surface area (Å²) in [4.78, 5) is 21.5. The molecule has 0 saturated carbocycles. The van der Waals surface area contributed by atoms with Crippen LogP contribution in [-0.2, 0) is 0 Å². The summed E-state index contributed by atoms with van der Waals surface area (Å²) >= 11 is 0. The van der Waals surface area contributed by atoms with E-state index in [9.17, 15) is 14.9 Å². The second-order valence-corrected chi connectivity index (χ2v) is 2.95. The number of hydrazine groups is 1. The molecule has 0 fully saturated rings.